The van der Waals surface area contributed by atoms with Crippen LogP contribution in [0.5, 0.6) is 0 Å². The van der Waals surface area contributed by atoms with Gasteiger partial charge in [-0.05, 0) is 36.6 Å². The van der Waals surface area contributed by atoms with Gasteiger partial charge in [0, 0.05) is 11.1 Å². The second-order valence-corrected chi connectivity index (χ2v) is 4.87. The lowest BCUT2D eigenvalue weighted by Gasteiger charge is -2.07. The molecule has 3 heteroatoms. The summed E-state index contributed by atoms with van der Waals surface area (Å²) in [7, 11) is 0. The number of benzene rings is 2. The van der Waals surface area contributed by atoms with Crippen LogP contribution < -0.4 is 0 Å². The lowest BCUT2D eigenvalue weighted by atomic mass is 10.00. The van der Waals surface area contributed by atoms with Crippen molar-refractivity contribution in [3.8, 4) is 0 Å². The molecular weight excluding hydrogens is 263 g/mol. The fourth-order valence-electron chi connectivity index (χ4n) is 1.88. The minimum atomic E-state index is -0.400. The van der Waals surface area contributed by atoms with E-state index >= 15 is 0 Å². The van der Waals surface area contributed by atoms with Crippen LogP contribution in [0.15, 0.2) is 36.4 Å². The molecule has 0 aliphatic heterocycles. The lowest BCUT2D eigenvalue weighted by Crippen LogP contribution is -2.03. The van der Waals surface area contributed by atoms with Gasteiger partial charge >= 0.3 is 0 Å². The van der Waals surface area contributed by atoms with E-state index in [0.29, 0.717) is 16.7 Å². The maximum absolute atomic E-state index is 13.3. The lowest BCUT2D eigenvalue weighted by molar-refractivity contribution is 0.103. The van der Waals surface area contributed by atoms with Gasteiger partial charge in [0.05, 0.1) is 5.02 Å². The zero-order valence-electron chi connectivity index (χ0n) is 10.8. The molecule has 0 amide bonds. The van der Waals surface area contributed by atoms with Gasteiger partial charge in [-0.1, -0.05) is 42.8 Å². The number of ketones is 1. The first-order valence-corrected chi connectivity index (χ1v) is 6.50. The third-order valence-corrected chi connectivity index (χ3v) is 3.43. The van der Waals surface area contributed by atoms with E-state index in [1.54, 1.807) is 19.1 Å². The summed E-state index contributed by atoms with van der Waals surface area (Å²) in [5.41, 5.74) is 2.48. The van der Waals surface area contributed by atoms with Gasteiger partial charge in [-0.3, -0.25) is 4.79 Å². The molecule has 0 N–H and O–H groups in total. The normalized spacial score (nSPS) is 10.5. The number of hydrogen-bond donors (Lipinski definition) is 0. The Labute approximate surface area is 117 Å². The number of rotatable bonds is 3. The predicted octanol–water partition coefficient (Wildman–Crippen LogP) is 4.58. The summed E-state index contributed by atoms with van der Waals surface area (Å²) in [6, 6.07) is 10.1. The molecule has 0 atom stereocenters. The molecule has 98 valence electrons. The van der Waals surface area contributed by atoms with Crippen LogP contribution in [0.25, 0.3) is 0 Å². The molecule has 0 heterocycles. The summed E-state index contributed by atoms with van der Waals surface area (Å²) in [5.74, 6) is -0.585. The van der Waals surface area contributed by atoms with Crippen LogP contribution in [0.3, 0.4) is 0 Å². The van der Waals surface area contributed by atoms with Crippen LogP contribution in [-0.4, -0.2) is 5.78 Å². The fraction of sp³-hybridized carbons (Fsp3) is 0.188. The third-order valence-electron chi connectivity index (χ3n) is 3.12. The van der Waals surface area contributed by atoms with Crippen molar-refractivity contribution in [1.82, 2.24) is 0 Å². The van der Waals surface area contributed by atoms with E-state index in [9.17, 15) is 9.18 Å². The maximum atomic E-state index is 13.3. The second kappa shape index (κ2) is 5.54. The highest BCUT2D eigenvalue weighted by atomic mass is 35.5. The average Bonchev–Trinajstić information content (AvgIpc) is 2.42. The Bertz CT molecular complexity index is 617. The average molecular weight is 277 g/mol. The minimum Gasteiger partial charge on any atom is -0.289 e. The van der Waals surface area contributed by atoms with E-state index < -0.39 is 5.82 Å². The highest BCUT2D eigenvalue weighted by Crippen LogP contribution is 2.23. The summed E-state index contributed by atoms with van der Waals surface area (Å²) in [6.07, 6.45) is 0.922. The molecule has 2 rings (SSSR count). The van der Waals surface area contributed by atoms with E-state index in [1.807, 2.05) is 12.1 Å². The molecule has 0 fully saturated rings. The second-order valence-electron chi connectivity index (χ2n) is 4.46. The van der Waals surface area contributed by atoms with Crippen molar-refractivity contribution >= 4 is 17.4 Å². The summed E-state index contributed by atoms with van der Waals surface area (Å²) in [4.78, 5) is 12.3. The Morgan fingerprint density at radius 2 is 1.84 bits per heavy atom. The number of hydrogen-bond acceptors (Lipinski definition) is 1. The Kier molecular flexibility index (Phi) is 4.01. The molecule has 0 spiro atoms. The zero-order chi connectivity index (χ0) is 14.0. The van der Waals surface area contributed by atoms with Gasteiger partial charge in [-0.2, -0.15) is 0 Å². The number of aryl methyl sites for hydroxylation is 2. The standard InChI is InChI=1S/C16H14ClFO/c1-3-11-4-6-12(7-5-11)16(19)13-8-10(2)15(18)9-14(13)17/h4-9H,3H2,1-2H3. The Morgan fingerprint density at radius 1 is 1.21 bits per heavy atom. The van der Waals surface area contributed by atoms with Gasteiger partial charge in [0.25, 0.3) is 0 Å². The molecule has 0 unspecified atom stereocenters. The topological polar surface area (TPSA) is 17.1 Å². The molecule has 19 heavy (non-hydrogen) atoms. The first kappa shape index (κ1) is 13.8. The number of carbonyl (C=O) groups is 1. The smallest absolute Gasteiger partial charge is 0.194 e. The van der Waals surface area contributed by atoms with Gasteiger partial charge in [0.1, 0.15) is 5.82 Å². The number of halogens is 2. The van der Waals surface area contributed by atoms with Crippen molar-refractivity contribution in [3.05, 3.63) is 69.5 Å². The molecule has 1 nitrogen and oxygen atoms in total. The molecule has 2 aromatic rings. The monoisotopic (exact) mass is 276 g/mol. The van der Waals surface area contributed by atoms with E-state index in [0.717, 1.165) is 12.0 Å². The van der Waals surface area contributed by atoms with Crippen molar-refractivity contribution in [3.63, 3.8) is 0 Å². The molecular formula is C16H14ClFO. The quantitative estimate of drug-likeness (QED) is 0.750. The predicted molar refractivity (Wildman–Crippen MR) is 75.4 cm³/mol. The van der Waals surface area contributed by atoms with Crippen LogP contribution in [0.2, 0.25) is 5.02 Å². The van der Waals surface area contributed by atoms with Gasteiger partial charge < -0.3 is 0 Å². The van der Waals surface area contributed by atoms with Crippen LogP contribution in [0.1, 0.15) is 34.0 Å². The highest BCUT2D eigenvalue weighted by Gasteiger charge is 2.15. The zero-order valence-corrected chi connectivity index (χ0v) is 11.6. The van der Waals surface area contributed by atoms with Crippen molar-refractivity contribution < 1.29 is 9.18 Å². The van der Waals surface area contributed by atoms with E-state index in [1.165, 1.54) is 12.1 Å². The van der Waals surface area contributed by atoms with E-state index in [2.05, 4.69) is 6.92 Å². The Morgan fingerprint density at radius 3 is 2.42 bits per heavy atom. The first-order chi connectivity index (χ1) is 9.02. The van der Waals surface area contributed by atoms with E-state index in [4.69, 9.17) is 11.6 Å². The van der Waals surface area contributed by atoms with Crippen LogP contribution in [0, 0.1) is 12.7 Å². The van der Waals surface area contributed by atoms with Gasteiger partial charge in [-0.25, -0.2) is 4.39 Å². The Balaban J connectivity index is 2.40. The van der Waals surface area contributed by atoms with Gasteiger partial charge in [0.2, 0.25) is 0 Å². The first-order valence-electron chi connectivity index (χ1n) is 6.12. The Hall–Kier alpha value is -1.67. The number of carbonyl (C=O) groups excluding carboxylic acids is 1. The molecule has 0 saturated carbocycles. The summed E-state index contributed by atoms with van der Waals surface area (Å²) in [5, 5.41) is 0.146. The van der Waals surface area contributed by atoms with Crippen molar-refractivity contribution in [2.45, 2.75) is 20.3 Å². The van der Waals surface area contributed by atoms with Gasteiger partial charge in [0.15, 0.2) is 5.78 Å². The molecule has 0 aliphatic carbocycles. The van der Waals surface area contributed by atoms with E-state index in [-0.39, 0.29) is 10.8 Å². The highest BCUT2D eigenvalue weighted by molar-refractivity contribution is 6.35. The largest absolute Gasteiger partial charge is 0.289 e. The maximum Gasteiger partial charge on any atom is 0.194 e. The van der Waals surface area contributed by atoms with Gasteiger partial charge in [-0.15, -0.1) is 0 Å². The SMILES string of the molecule is CCc1ccc(C(=O)c2cc(C)c(F)cc2Cl)cc1. The summed E-state index contributed by atoms with van der Waals surface area (Å²) < 4.78 is 13.3. The summed E-state index contributed by atoms with van der Waals surface area (Å²) >= 11 is 5.94. The summed E-state index contributed by atoms with van der Waals surface area (Å²) in [6.45, 7) is 3.67. The molecule has 0 aromatic heterocycles. The third kappa shape index (κ3) is 2.85. The molecule has 0 aliphatic rings. The molecule has 0 bridgehead atoms. The van der Waals surface area contributed by atoms with Crippen molar-refractivity contribution in [2.24, 2.45) is 0 Å². The molecule has 0 saturated heterocycles. The van der Waals surface area contributed by atoms with Crippen LogP contribution >= 0.6 is 11.6 Å². The van der Waals surface area contributed by atoms with Crippen molar-refractivity contribution in [1.29, 1.82) is 0 Å². The minimum absolute atomic E-state index is 0.146. The van der Waals surface area contributed by atoms with Crippen LogP contribution in [-0.2, 0) is 6.42 Å². The van der Waals surface area contributed by atoms with Crippen molar-refractivity contribution in [2.75, 3.05) is 0 Å². The molecule has 0 radical (unpaired) electrons. The fourth-order valence-corrected chi connectivity index (χ4v) is 2.11. The van der Waals surface area contributed by atoms with Crippen LogP contribution in [0.4, 0.5) is 4.39 Å². The molecule has 2 aromatic carbocycles.